The maximum atomic E-state index is 14.1. The summed E-state index contributed by atoms with van der Waals surface area (Å²) in [6, 6.07) is 0.100. The van der Waals surface area contributed by atoms with Gasteiger partial charge in [-0.05, 0) is 76.8 Å². The zero-order chi connectivity index (χ0) is 32.4. The highest BCUT2D eigenvalue weighted by Gasteiger charge is 2.64. The van der Waals surface area contributed by atoms with Crippen LogP contribution in [-0.4, -0.2) is 113 Å². The first-order valence-electron chi connectivity index (χ1n) is 14.9. The van der Waals surface area contributed by atoms with Crippen LogP contribution in [0.5, 0.6) is 5.75 Å². The molecule has 0 radical (unpaired) electrons. The van der Waals surface area contributed by atoms with Crippen molar-refractivity contribution in [3.8, 4) is 5.75 Å². The average Bonchev–Trinajstić information content (AvgIpc) is 3.40. The Bertz CT molecular complexity index is 1510. The standard InChI is InChI=1S/C31H41N5O8/c1-6-9-36-10-7-8-18(36)30(43)33-17-13-19(34(2)3)15-11-14-12-16-23(35(4)5)26(39)22(29(32)42)28(41)31(16,44)27(40)20(14)25(38)21(15)24(17)37/h13-14,16,18,23,37-38,41,44H,6-12H2,1-5H3,(H2,32,42)(H,33,43)/t14-,16-,18-,23-,31-/m0/s1. The molecule has 5 rings (SSSR count). The highest BCUT2D eigenvalue weighted by Crippen LogP contribution is 2.54. The fourth-order valence-electron chi connectivity index (χ4n) is 7.68. The van der Waals surface area contributed by atoms with Gasteiger partial charge < -0.3 is 36.4 Å². The van der Waals surface area contributed by atoms with Crippen LogP contribution in [0.3, 0.4) is 0 Å². The SMILES string of the molecule is CCCN1CCC[C@H]1C(=O)Nc1cc(N(C)C)c2c(c1O)C(O)=C1C(=O)[C@]3(O)C(O)=C(C(N)=O)C(=O)[C@@H](N(C)C)[C@@H]3C[C@@H]1C2. The predicted octanol–water partition coefficient (Wildman–Crippen LogP) is 0.843. The Balaban J connectivity index is 1.64. The molecule has 13 nitrogen and oxygen atoms in total. The van der Waals surface area contributed by atoms with Crippen LogP contribution in [-0.2, 0) is 25.6 Å². The maximum Gasteiger partial charge on any atom is 0.255 e. The fourth-order valence-corrected chi connectivity index (χ4v) is 7.68. The summed E-state index contributed by atoms with van der Waals surface area (Å²) in [6.45, 7) is 3.59. The van der Waals surface area contributed by atoms with E-state index in [1.807, 2.05) is 6.92 Å². The van der Waals surface area contributed by atoms with Crippen molar-refractivity contribution < 1.29 is 39.6 Å². The van der Waals surface area contributed by atoms with E-state index in [-0.39, 0.29) is 41.6 Å². The van der Waals surface area contributed by atoms with Gasteiger partial charge in [-0.15, -0.1) is 0 Å². The van der Waals surface area contributed by atoms with E-state index >= 15 is 0 Å². The number of nitrogens with zero attached hydrogens (tertiary/aromatic N) is 3. The number of hydrogen-bond donors (Lipinski definition) is 6. The second kappa shape index (κ2) is 11.2. The van der Waals surface area contributed by atoms with Crippen LogP contribution in [0.15, 0.2) is 23.0 Å². The number of likely N-dealkylation sites (N-methyl/N-ethyl adjacent to an activating group) is 1. The molecule has 2 amide bonds. The molecule has 238 valence electrons. The lowest BCUT2D eigenvalue weighted by Crippen LogP contribution is -2.65. The number of ketones is 2. The van der Waals surface area contributed by atoms with Crippen LogP contribution in [0.4, 0.5) is 11.4 Å². The average molecular weight is 612 g/mol. The zero-order valence-corrected chi connectivity index (χ0v) is 25.7. The van der Waals surface area contributed by atoms with Crippen molar-refractivity contribution in [3.63, 3.8) is 0 Å². The Labute approximate surface area is 255 Å². The largest absolute Gasteiger partial charge is 0.508 e. The first-order chi connectivity index (χ1) is 20.7. The molecular weight excluding hydrogens is 570 g/mol. The van der Waals surface area contributed by atoms with Crippen molar-refractivity contribution in [1.82, 2.24) is 9.80 Å². The quantitative estimate of drug-likeness (QED) is 0.189. The van der Waals surface area contributed by atoms with Gasteiger partial charge in [-0.1, -0.05) is 6.92 Å². The lowest BCUT2D eigenvalue weighted by atomic mass is 9.57. The Hall–Kier alpha value is -3.94. The molecule has 0 spiro atoms. The second-order valence-corrected chi connectivity index (χ2v) is 12.7. The number of anilines is 2. The van der Waals surface area contributed by atoms with E-state index in [9.17, 15) is 39.6 Å². The number of carbonyl (C=O) groups excluding carboxylic acids is 4. The van der Waals surface area contributed by atoms with Gasteiger partial charge in [0.15, 0.2) is 11.4 Å². The summed E-state index contributed by atoms with van der Waals surface area (Å²) in [5, 5.41) is 48.9. The monoisotopic (exact) mass is 611 g/mol. The van der Waals surface area contributed by atoms with E-state index in [0.29, 0.717) is 17.7 Å². The molecule has 44 heavy (non-hydrogen) atoms. The van der Waals surface area contributed by atoms with E-state index < -0.39 is 63.8 Å². The molecule has 13 heteroatoms. The molecule has 3 aliphatic carbocycles. The van der Waals surface area contributed by atoms with Gasteiger partial charge in [0.05, 0.1) is 23.3 Å². The van der Waals surface area contributed by atoms with Gasteiger partial charge in [0.25, 0.3) is 5.91 Å². The maximum absolute atomic E-state index is 14.1. The second-order valence-electron chi connectivity index (χ2n) is 12.7. The highest BCUT2D eigenvalue weighted by molar-refractivity contribution is 6.24. The Morgan fingerprint density at radius 2 is 1.84 bits per heavy atom. The van der Waals surface area contributed by atoms with E-state index in [0.717, 1.165) is 25.9 Å². The fraction of sp³-hybridized carbons (Fsp3) is 0.548. The number of benzene rings is 1. The van der Waals surface area contributed by atoms with E-state index in [1.54, 1.807) is 39.2 Å². The van der Waals surface area contributed by atoms with Crippen molar-refractivity contribution in [1.29, 1.82) is 0 Å². The first-order valence-corrected chi connectivity index (χ1v) is 14.9. The smallest absolute Gasteiger partial charge is 0.255 e. The number of rotatable bonds is 7. The van der Waals surface area contributed by atoms with Crippen LogP contribution in [0.1, 0.15) is 43.7 Å². The van der Waals surface area contributed by atoms with Gasteiger partial charge in [0, 0.05) is 31.3 Å². The lowest BCUT2D eigenvalue weighted by Gasteiger charge is -2.50. The topological polar surface area (TPSA) is 197 Å². The number of carbonyl (C=O) groups is 4. The molecule has 1 aromatic rings. The minimum atomic E-state index is -2.72. The summed E-state index contributed by atoms with van der Waals surface area (Å²) >= 11 is 0. The van der Waals surface area contributed by atoms with E-state index in [4.69, 9.17) is 5.73 Å². The highest BCUT2D eigenvalue weighted by atomic mass is 16.3. The number of likely N-dealkylation sites (tertiary alicyclic amines) is 1. The molecule has 0 aromatic heterocycles. The summed E-state index contributed by atoms with van der Waals surface area (Å²) in [7, 11) is 6.65. The Morgan fingerprint density at radius 1 is 1.16 bits per heavy atom. The minimum Gasteiger partial charge on any atom is -0.508 e. The molecule has 0 unspecified atom stereocenters. The molecule has 0 bridgehead atoms. The van der Waals surface area contributed by atoms with Crippen molar-refractivity contribution in [2.45, 2.75) is 56.7 Å². The normalized spacial score (nSPS) is 28.6. The van der Waals surface area contributed by atoms with Crippen molar-refractivity contribution in [3.05, 3.63) is 34.1 Å². The van der Waals surface area contributed by atoms with Crippen molar-refractivity contribution >= 4 is 40.5 Å². The molecule has 1 saturated carbocycles. The van der Waals surface area contributed by atoms with E-state index in [1.165, 1.54) is 4.90 Å². The number of amides is 2. The van der Waals surface area contributed by atoms with Gasteiger partial charge in [0.1, 0.15) is 22.8 Å². The van der Waals surface area contributed by atoms with Crippen LogP contribution >= 0.6 is 0 Å². The zero-order valence-electron chi connectivity index (χ0n) is 25.7. The molecule has 1 heterocycles. The number of primary amides is 1. The molecule has 4 aliphatic rings. The minimum absolute atomic E-state index is 0.00712. The predicted molar refractivity (Wildman–Crippen MR) is 162 cm³/mol. The molecule has 1 aliphatic heterocycles. The van der Waals surface area contributed by atoms with Crippen molar-refractivity contribution in [2.75, 3.05) is 51.5 Å². The van der Waals surface area contributed by atoms with Gasteiger partial charge in [-0.25, -0.2) is 0 Å². The van der Waals surface area contributed by atoms with Crippen LogP contribution in [0, 0.1) is 11.8 Å². The van der Waals surface area contributed by atoms with Crippen molar-refractivity contribution in [2.24, 2.45) is 17.6 Å². The molecule has 2 fully saturated rings. The van der Waals surface area contributed by atoms with Gasteiger partial charge in [-0.3, -0.25) is 29.0 Å². The third-order valence-electron chi connectivity index (χ3n) is 9.61. The van der Waals surface area contributed by atoms with Gasteiger partial charge in [-0.2, -0.15) is 0 Å². The van der Waals surface area contributed by atoms with Gasteiger partial charge >= 0.3 is 0 Å². The Morgan fingerprint density at radius 3 is 2.43 bits per heavy atom. The Kier molecular flexibility index (Phi) is 8.02. The third-order valence-corrected chi connectivity index (χ3v) is 9.61. The molecule has 5 atom stereocenters. The lowest BCUT2D eigenvalue weighted by molar-refractivity contribution is -0.153. The number of aliphatic hydroxyl groups excluding tert-OH is 2. The summed E-state index contributed by atoms with van der Waals surface area (Å²) < 4.78 is 0. The number of nitrogens with one attached hydrogen (secondary N) is 1. The van der Waals surface area contributed by atoms with Crippen LogP contribution < -0.4 is 16.0 Å². The number of phenolic OH excluding ortho intramolecular Hbond substituents is 1. The number of aromatic hydroxyl groups is 1. The number of aliphatic hydroxyl groups is 3. The number of phenols is 1. The first kappa shape index (κ1) is 31.5. The molecular formula is C31H41N5O8. The number of hydrogen-bond acceptors (Lipinski definition) is 11. The molecule has 7 N–H and O–H groups in total. The summed E-state index contributed by atoms with van der Waals surface area (Å²) in [5.41, 5.74) is 2.66. The van der Waals surface area contributed by atoms with Crippen LogP contribution in [0.25, 0.3) is 5.76 Å². The number of fused-ring (bicyclic) bond motifs is 3. The number of nitrogens with two attached hydrogens (primary N) is 1. The molecule has 1 aromatic carbocycles. The van der Waals surface area contributed by atoms with E-state index in [2.05, 4.69) is 10.2 Å². The van der Waals surface area contributed by atoms with Crippen LogP contribution in [0.2, 0.25) is 0 Å². The summed E-state index contributed by atoms with van der Waals surface area (Å²) in [5.74, 6) is -7.51. The summed E-state index contributed by atoms with van der Waals surface area (Å²) in [4.78, 5) is 58.3. The number of Topliss-reactive ketones (excluding diaryl/α,β-unsaturated/α-hetero) is 2. The molecule has 1 saturated heterocycles. The summed E-state index contributed by atoms with van der Waals surface area (Å²) in [6.07, 6.45) is 2.57. The third kappa shape index (κ3) is 4.56. The van der Waals surface area contributed by atoms with Gasteiger partial charge in [0.2, 0.25) is 11.7 Å².